The van der Waals surface area contributed by atoms with Gasteiger partial charge in [-0.05, 0) is 62.2 Å². The van der Waals surface area contributed by atoms with Crippen molar-refractivity contribution in [2.75, 3.05) is 11.3 Å². The largest absolute Gasteiger partial charge is 0.280 e. The number of hydrogen-bond acceptors (Lipinski definition) is 4. The highest BCUT2D eigenvalue weighted by Gasteiger charge is 2.31. The van der Waals surface area contributed by atoms with Crippen LogP contribution in [0.3, 0.4) is 0 Å². The standard InChI is InChI=1S/C18H20F2N2O4S2/c1-13-4-2-3-11-22(13)28(25,26)16-8-6-15(7-9-16)21-27(23,24)18-12-14(19)5-10-17(18)20/h5-10,12-13,21H,2-4,11H2,1H3. The molecular formula is C18H20F2N2O4S2. The van der Waals surface area contributed by atoms with Crippen LogP contribution in [0.4, 0.5) is 14.5 Å². The number of nitrogens with one attached hydrogen (secondary N) is 1. The average molecular weight is 430 g/mol. The van der Waals surface area contributed by atoms with E-state index in [-0.39, 0.29) is 16.6 Å². The molecule has 0 radical (unpaired) electrons. The molecule has 1 N–H and O–H groups in total. The van der Waals surface area contributed by atoms with Gasteiger partial charge in [-0.3, -0.25) is 4.72 Å². The highest BCUT2D eigenvalue weighted by molar-refractivity contribution is 7.92. The summed E-state index contributed by atoms with van der Waals surface area (Å²) in [7, 11) is -8.06. The van der Waals surface area contributed by atoms with Gasteiger partial charge in [-0.25, -0.2) is 25.6 Å². The van der Waals surface area contributed by atoms with E-state index in [9.17, 15) is 25.6 Å². The van der Waals surface area contributed by atoms with Crippen LogP contribution in [0, 0.1) is 11.6 Å². The fourth-order valence-electron chi connectivity index (χ4n) is 3.15. The van der Waals surface area contributed by atoms with Crippen LogP contribution in [0.25, 0.3) is 0 Å². The van der Waals surface area contributed by atoms with E-state index in [0.29, 0.717) is 12.6 Å². The smallest absolute Gasteiger partial charge is 0.264 e. The lowest BCUT2D eigenvalue weighted by molar-refractivity contribution is 0.268. The van der Waals surface area contributed by atoms with Crippen molar-refractivity contribution >= 4 is 25.7 Å². The predicted octanol–water partition coefficient (Wildman–Crippen LogP) is 3.33. The highest BCUT2D eigenvalue weighted by Crippen LogP contribution is 2.26. The molecule has 152 valence electrons. The minimum Gasteiger partial charge on any atom is -0.280 e. The van der Waals surface area contributed by atoms with Gasteiger partial charge in [-0.1, -0.05) is 6.42 Å². The highest BCUT2D eigenvalue weighted by atomic mass is 32.2. The number of nitrogens with zero attached hydrogens (tertiary/aromatic N) is 1. The fourth-order valence-corrected chi connectivity index (χ4v) is 6.00. The van der Waals surface area contributed by atoms with Crippen molar-refractivity contribution in [3.8, 4) is 0 Å². The molecular weight excluding hydrogens is 410 g/mol. The maximum absolute atomic E-state index is 13.8. The summed E-state index contributed by atoms with van der Waals surface area (Å²) >= 11 is 0. The number of halogens is 2. The number of anilines is 1. The van der Waals surface area contributed by atoms with Crippen LogP contribution in [-0.2, 0) is 20.0 Å². The van der Waals surface area contributed by atoms with Crippen LogP contribution in [0.5, 0.6) is 0 Å². The van der Waals surface area contributed by atoms with Gasteiger partial charge in [0.25, 0.3) is 10.0 Å². The Morgan fingerprint density at radius 3 is 2.32 bits per heavy atom. The van der Waals surface area contributed by atoms with Gasteiger partial charge in [0, 0.05) is 18.3 Å². The zero-order valence-electron chi connectivity index (χ0n) is 15.1. The second-order valence-corrected chi connectivity index (χ2v) is 10.2. The normalized spacial score (nSPS) is 18.8. The molecule has 1 heterocycles. The van der Waals surface area contributed by atoms with Gasteiger partial charge < -0.3 is 0 Å². The molecule has 1 unspecified atom stereocenters. The molecule has 2 aromatic rings. The summed E-state index contributed by atoms with van der Waals surface area (Å²) in [6, 6.07) is 7.13. The van der Waals surface area contributed by atoms with E-state index in [1.807, 2.05) is 6.92 Å². The maximum Gasteiger partial charge on any atom is 0.264 e. The molecule has 0 amide bonds. The first kappa shape index (κ1) is 20.7. The molecule has 2 aromatic carbocycles. The number of sulfonamides is 2. The van der Waals surface area contributed by atoms with Crippen molar-refractivity contribution in [3.05, 3.63) is 54.1 Å². The summed E-state index contributed by atoms with van der Waals surface area (Å²) in [4.78, 5) is -0.785. The lowest BCUT2D eigenvalue weighted by Crippen LogP contribution is -2.41. The summed E-state index contributed by atoms with van der Waals surface area (Å²) in [6.45, 7) is 2.30. The third-order valence-electron chi connectivity index (χ3n) is 4.64. The van der Waals surface area contributed by atoms with Gasteiger partial charge in [0.2, 0.25) is 10.0 Å². The van der Waals surface area contributed by atoms with E-state index in [1.54, 1.807) is 0 Å². The lowest BCUT2D eigenvalue weighted by atomic mass is 10.1. The van der Waals surface area contributed by atoms with E-state index in [2.05, 4.69) is 4.72 Å². The topological polar surface area (TPSA) is 83.6 Å². The Balaban J connectivity index is 1.84. The molecule has 0 spiro atoms. The molecule has 0 bridgehead atoms. The molecule has 1 atom stereocenters. The monoisotopic (exact) mass is 430 g/mol. The molecule has 1 aliphatic rings. The molecule has 1 aliphatic heterocycles. The van der Waals surface area contributed by atoms with Crippen LogP contribution < -0.4 is 4.72 Å². The minimum atomic E-state index is -4.37. The Kier molecular flexibility index (Phi) is 5.74. The first-order chi connectivity index (χ1) is 13.1. The average Bonchev–Trinajstić information content (AvgIpc) is 2.64. The Morgan fingerprint density at radius 2 is 1.68 bits per heavy atom. The minimum absolute atomic E-state index is 0.0364. The van der Waals surface area contributed by atoms with Gasteiger partial charge in [0.1, 0.15) is 16.5 Å². The van der Waals surface area contributed by atoms with E-state index in [4.69, 9.17) is 0 Å². The van der Waals surface area contributed by atoms with Gasteiger partial charge in [-0.2, -0.15) is 4.31 Å². The van der Waals surface area contributed by atoms with E-state index >= 15 is 0 Å². The van der Waals surface area contributed by atoms with Crippen molar-refractivity contribution in [3.63, 3.8) is 0 Å². The zero-order valence-corrected chi connectivity index (χ0v) is 16.7. The third-order valence-corrected chi connectivity index (χ3v) is 8.06. The van der Waals surface area contributed by atoms with Crippen LogP contribution in [0.15, 0.2) is 52.3 Å². The Bertz CT molecular complexity index is 1070. The van der Waals surface area contributed by atoms with Gasteiger partial charge >= 0.3 is 0 Å². The Labute approximate surface area is 163 Å². The summed E-state index contributed by atoms with van der Waals surface area (Å²) in [5.74, 6) is -1.98. The van der Waals surface area contributed by atoms with E-state index in [0.717, 1.165) is 31.4 Å². The van der Waals surface area contributed by atoms with Crippen LogP contribution in [0.1, 0.15) is 26.2 Å². The second kappa shape index (κ2) is 7.76. The summed E-state index contributed by atoms with van der Waals surface area (Å²) < 4.78 is 80.8. The predicted molar refractivity (Wildman–Crippen MR) is 101 cm³/mol. The lowest BCUT2D eigenvalue weighted by Gasteiger charge is -2.32. The number of benzene rings is 2. The van der Waals surface area contributed by atoms with Crippen LogP contribution >= 0.6 is 0 Å². The molecule has 3 rings (SSSR count). The molecule has 10 heteroatoms. The Hall–Kier alpha value is -2.04. The molecule has 6 nitrogen and oxygen atoms in total. The molecule has 1 saturated heterocycles. The van der Waals surface area contributed by atoms with Crippen LogP contribution in [-0.4, -0.2) is 33.7 Å². The van der Waals surface area contributed by atoms with Crippen molar-refractivity contribution in [2.45, 2.75) is 42.0 Å². The van der Waals surface area contributed by atoms with Crippen molar-refractivity contribution < 1.29 is 25.6 Å². The maximum atomic E-state index is 13.8. The van der Waals surface area contributed by atoms with Crippen molar-refractivity contribution in [2.24, 2.45) is 0 Å². The molecule has 1 fully saturated rings. The zero-order chi connectivity index (χ0) is 20.5. The molecule has 0 aliphatic carbocycles. The molecule has 0 saturated carbocycles. The first-order valence-electron chi connectivity index (χ1n) is 8.71. The van der Waals surface area contributed by atoms with Gasteiger partial charge in [0.05, 0.1) is 4.90 Å². The number of rotatable bonds is 5. The summed E-state index contributed by atoms with van der Waals surface area (Å²) in [5.41, 5.74) is 0.0364. The number of piperidine rings is 1. The first-order valence-corrected chi connectivity index (χ1v) is 11.6. The van der Waals surface area contributed by atoms with Crippen molar-refractivity contribution in [1.29, 1.82) is 0 Å². The van der Waals surface area contributed by atoms with Crippen LogP contribution in [0.2, 0.25) is 0 Å². The van der Waals surface area contributed by atoms with Gasteiger partial charge in [-0.15, -0.1) is 0 Å². The Morgan fingerprint density at radius 1 is 1.00 bits per heavy atom. The SMILES string of the molecule is CC1CCCCN1S(=O)(=O)c1ccc(NS(=O)(=O)c2cc(F)ccc2F)cc1. The number of hydrogen-bond donors (Lipinski definition) is 1. The molecule has 28 heavy (non-hydrogen) atoms. The quantitative estimate of drug-likeness (QED) is 0.789. The molecule has 0 aromatic heterocycles. The summed E-state index contributed by atoms with van der Waals surface area (Å²) in [6.07, 6.45) is 2.56. The third kappa shape index (κ3) is 4.18. The van der Waals surface area contributed by atoms with Crippen molar-refractivity contribution in [1.82, 2.24) is 4.31 Å². The van der Waals surface area contributed by atoms with Gasteiger partial charge in [0.15, 0.2) is 0 Å². The fraction of sp³-hybridized carbons (Fsp3) is 0.333. The summed E-state index contributed by atoms with van der Waals surface area (Å²) in [5, 5.41) is 0. The second-order valence-electron chi connectivity index (χ2n) is 6.67. The van der Waals surface area contributed by atoms with E-state index in [1.165, 1.54) is 28.6 Å². The van der Waals surface area contributed by atoms with E-state index < -0.39 is 36.6 Å².